The third-order valence-electron chi connectivity index (χ3n) is 5.49. The van der Waals surface area contributed by atoms with Crippen molar-refractivity contribution in [1.29, 1.82) is 0 Å². The van der Waals surface area contributed by atoms with Crippen molar-refractivity contribution < 1.29 is 4.79 Å². The highest BCUT2D eigenvalue weighted by molar-refractivity contribution is 7.15. The minimum absolute atomic E-state index is 0.285. The van der Waals surface area contributed by atoms with E-state index in [0.717, 1.165) is 41.3 Å². The first-order chi connectivity index (χ1) is 15.6. The van der Waals surface area contributed by atoms with Crippen molar-refractivity contribution in [3.05, 3.63) is 91.4 Å². The van der Waals surface area contributed by atoms with Gasteiger partial charge in [0.25, 0.3) is 11.1 Å². The number of anilines is 1. The molecule has 0 atom stereocenters. The molecule has 1 aliphatic heterocycles. The summed E-state index contributed by atoms with van der Waals surface area (Å²) >= 11 is 1.45. The molecule has 8 nitrogen and oxygen atoms in total. The van der Waals surface area contributed by atoms with Gasteiger partial charge in [0, 0.05) is 30.9 Å². The molecule has 4 aromatic rings. The summed E-state index contributed by atoms with van der Waals surface area (Å²) in [5.74, 6) is -0.412. The van der Waals surface area contributed by atoms with Crippen molar-refractivity contribution in [2.75, 3.05) is 11.9 Å². The van der Waals surface area contributed by atoms with Crippen molar-refractivity contribution in [3.63, 3.8) is 0 Å². The molecule has 1 aliphatic rings. The molecule has 0 saturated heterocycles. The zero-order chi connectivity index (χ0) is 22.1. The first kappa shape index (κ1) is 20.3. The molecule has 5 rings (SSSR count). The van der Waals surface area contributed by atoms with Crippen LogP contribution in [0.4, 0.5) is 5.13 Å². The summed E-state index contributed by atoms with van der Waals surface area (Å²) in [5, 5.41) is 6.36. The Morgan fingerprint density at radius 1 is 1.06 bits per heavy atom. The number of fused-ring (bicyclic) bond motifs is 2. The van der Waals surface area contributed by atoms with E-state index in [1.165, 1.54) is 16.9 Å². The molecule has 162 valence electrons. The number of hydrogen-bond donors (Lipinski definition) is 2. The topological polar surface area (TPSA) is 100 Å². The van der Waals surface area contributed by atoms with E-state index in [2.05, 4.69) is 32.4 Å². The van der Waals surface area contributed by atoms with Gasteiger partial charge in [0.2, 0.25) is 5.91 Å². The first-order valence-corrected chi connectivity index (χ1v) is 11.1. The van der Waals surface area contributed by atoms with Crippen molar-refractivity contribution in [2.24, 2.45) is 0 Å². The van der Waals surface area contributed by atoms with Gasteiger partial charge in [-0.1, -0.05) is 42.5 Å². The van der Waals surface area contributed by atoms with Crippen LogP contribution in [0.15, 0.2) is 64.2 Å². The molecule has 0 radical (unpaired) electrons. The van der Waals surface area contributed by atoms with Gasteiger partial charge >= 0.3 is 0 Å². The number of aromatic nitrogens is 3. The van der Waals surface area contributed by atoms with Gasteiger partial charge < -0.3 is 5.32 Å². The van der Waals surface area contributed by atoms with E-state index in [4.69, 9.17) is 0 Å². The normalized spacial score (nSPS) is 13.8. The van der Waals surface area contributed by atoms with Gasteiger partial charge in [0.1, 0.15) is 6.54 Å². The number of nitrogens with one attached hydrogen (secondary N) is 2. The van der Waals surface area contributed by atoms with Crippen molar-refractivity contribution in [3.8, 4) is 0 Å². The molecule has 2 N–H and O–H groups in total. The summed E-state index contributed by atoms with van der Waals surface area (Å²) in [6.07, 6.45) is 0.825. The maximum absolute atomic E-state index is 12.6. The van der Waals surface area contributed by atoms with E-state index >= 15 is 0 Å². The molecule has 0 fully saturated rings. The van der Waals surface area contributed by atoms with Crippen LogP contribution in [-0.4, -0.2) is 32.1 Å². The number of carbonyl (C=O) groups is 1. The van der Waals surface area contributed by atoms with Gasteiger partial charge in [-0.15, -0.1) is 11.3 Å². The Balaban J connectivity index is 1.28. The summed E-state index contributed by atoms with van der Waals surface area (Å²) in [5.41, 5.74) is 1.45. The lowest BCUT2D eigenvalue weighted by atomic mass is 10.1. The smallest absolute Gasteiger partial charge is 0.273 e. The van der Waals surface area contributed by atoms with E-state index in [0.29, 0.717) is 10.5 Å². The van der Waals surface area contributed by atoms with Crippen LogP contribution < -0.4 is 16.4 Å². The van der Waals surface area contributed by atoms with Crippen LogP contribution in [0, 0.1) is 0 Å². The Morgan fingerprint density at radius 2 is 1.81 bits per heavy atom. The van der Waals surface area contributed by atoms with Crippen LogP contribution in [0.5, 0.6) is 0 Å². The second-order valence-corrected chi connectivity index (χ2v) is 8.84. The Labute approximate surface area is 187 Å². The molecular formula is C23H21N5O3S. The number of H-pyrrole nitrogens is 1. The van der Waals surface area contributed by atoms with Crippen LogP contribution in [0.1, 0.15) is 16.1 Å². The lowest BCUT2D eigenvalue weighted by Gasteiger charge is -2.25. The fraction of sp³-hybridized carbons (Fsp3) is 0.217. The quantitative estimate of drug-likeness (QED) is 0.489. The molecule has 32 heavy (non-hydrogen) atoms. The van der Waals surface area contributed by atoms with Crippen molar-refractivity contribution in [1.82, 2.24) is 19.7 Å². The maximum Gasteiger partial charge on any atom is 0.273 e. The van der Waals surface area contributed by atoms with Gasteiger partial charge in [-0.05, 0) is 17.7 Å². The first-order valence-electron chi connectivity index (χ1n) is 10.3. The van der Waals surface area contributed by atoms with Crippen LogP contribution >= 0.6 is 11.3 Å². The van der Waals surface area contributed by atoms with Crippen LogP contribution in [-0.2, 0) is 30.8 Å². The van der Waals surface area contributed by atoms with Gasteiger partial charge in [0.05, 0.1) is 16.5 Å². The maximum atomic E-state index is 12.6. The minimum atomic E-state index is -0.412. The molecule has 9 heteroatoms. The Kier molecular flexibility index (Phi) is 5.42. The van der Waals surface area contributed by atoms with E-state index in [1.807, 2.05) is 18.2 Å². The minimum Gasteiger partial charge on any atom is -0.300 e. The summed E-state index contributed by atoms with van der Waals surface area (Å²) in [4.78, 5) is 45.5. The molecule has 2 aromatic carbocycles. The highest BCUT2D eigenvalue weighted by Gasteiger charge is 2.21. The second-order valence-electron chi connectivity index (χ2n) is 7.76. The number of nitrogens with zero attached hydrogens (tertiary/aromatic N) is 3. The fourth-order valence-corrected chi connectivity index (χ4v) is 5.01. The number of benzene rings is 2. The van der Waals surface area contributed by atoms with Crippen molar-refractivity contribution in [2.45, 2.75) is 26.1 Å². The summed E-state index contributed by atoms with van der Waals surface area (Å²) in [6, 6.07) is 16.9. The predicted molar refractivity (Wildman–Crippen MR) is 124 cm³/mol. The number of hydrogen-bond acceptors (Lipinski definition) is 6. The van der Waals surface area contributed by atoms with Gasteiger partial charge in [-0.25, -0.2) is 9.67 Å². The lowest BCUT2D eigenvalue weighted by molar-refractivity contribution is -0.117. The monoisotopic (exact) mass is 447 g/mol. The SMILES string of the molecule is O=C(Cn1[nH]c(=O)c2ccccc2c1=O)Nc1nc2c(s1)CN(Cc1ccccc1)CC2. The third-order valence-corrected chi connectivity index (χ3v) is 6.49. The molecule has 2 aromatic heterocycles. The Bertz CT molecular complexity index is 1410. The molecule has 3 heterocycles. The Hall–Kier alpha value is -3.56. The molecule has 0 unspecified atom stereocenters. The highest BCUT2D eigenvalue weighted by atomic mass is 32.1. The summed E-state index contributed by atoms with van der Waals surface area (Å²) in [6.45, 7) is 2.28. The zero-order valence-corrected chi connectivity index (χ0v) is 18.0. The van der Waals surface area contributed by atoms with E-state index in [9.17, 15) is 14.4 Å². The van der Waals surface area contributed by atoms with Crippen LogP contribution in [0.25, 0.3) is 10.8 Å². The summed E-state index contributed by atoms with van der Waals surface area (Å²) < 4.78 is 1.04. The van der Waals surface area contributed by atoms with Crippen molar-refractivity contribution >= 4 is 33.1 Å². The average Bonchev–Trinajstić information content (AvgIpc) is 3.19. The fourth-order valence-electron chi connectivity index (χ4n) is 3.94. The molecule has 0 spiro atoms. The standard InChI is InChI=1S/C23H21N5O3S/c29-20(14-28-22(31)17-9-5-4-8-16(17)21(30)26-28)25-23-24-18-10-11-27(13-19(18)32-23)12-15-6-2-1-3-7-15/h1-9H,10-14H2,(H,26,30)(H,24,25,29). The lowest BCUT2D eigenvalue weighted by Crippen LogP contribution is -2.34. The molecule has 0 bridgehead atoms. The number of amides is 1. The third kappa shape index (κ3) is 4.12. The molecule has 0 aliphatic carbocycles. The van der Waals surface area contributed by atoms with Gasteiger partial charge in [-0.3, -0.25) is 24.4 Å². The highest BCUT2D eigenvalue weighted by Crippen LogP contribution is 2.29. The number of rotatable bonds is 5. The number of thiazole rings is 1. The van der Waals surface area contributed by atoms with E-state index < -0.39 is 17.0 Å². The largest absolute Gasteiger partial charge is 0.300 e. The number of carbonyl (C=O) groups excluding carboxylic acids is 1. The average molecular weight is 448 g/mol. The Morgan fingerprint density at radius 3 is 2.62 bits per heavy atom. The van der Waals surface area contributed by atoms with Gasteiger partial charge in [-0.2, -0.15) is 0 Å². The van der Waals surface area contributed by atoms with E-state index in [-0.39, 0.29) is 11.9 Å². The number of aromatic amines is 1. The van der Waals surface area contributed by atoms with E-state index in [1.54, 1.807) is 24.3 Å². The van der Waals surface area contributed by atoms with Crippen LogP contribution in [0.2, 0.25) is 0 Å². The molecule has 0 saturated carbocycles. The molecule has 1 amide bonds. The zero-order valence-electron chi connectivity index (χ0n) is 17.2. The predicted octanol–water partition coefficient (Wildman–Crippen LogP) is 2.34. The van der Waals surface area contributed by atoms with Crippen LogP contribution in [0.3, 0.4) is 0 Å². The summed E-state index contributed by atoms with van der Waals surface area (Å²) in [7, 11) is 0. The molecular weight excluding hydrogens is 426 g/mol. The second kappa shape index (κ2) is 8.52. The van der Waals surface area contributed by atoms with Gasteiger partial charge in [0.15, 0.2) is 5.13 Å².